The number of hydrogen-bond acceptors (Lipinski definition) is 3. The van der Waals surface area contributed by atoms with Crippen LogP contribution in [0.3, 0.4) is 0 Å². The summed E-state index contributed by atoms with van der Waals surface area (Å²) >= 11 is 0. The maximum Gasteiger partial charge on any atom is 0.239 e. The molecule has 0 saturated carbocycles. The molecular formula is C10H20N2O2. The zero-order valence-corrected chi connectivity index (χ0v) is 9.03. The number of carbonyl (C=O) groups is 1. The molecule has 1 saturated heterocycles. The summed E-state index contributed by atoms with van der Waals surface area (Å²) < 4.78 is 5.50. The van der Waals surface area contributed by atoms with E-state index in [0.717, 1.165) is 32.5 Å². The summed E-state index contributed by atoms with van der Waals surface area (Å²) in [6.45, 7) is 6.05. The van der Waals surface area contributed by atoms with Gasteiger partial charge in [-0.05, 0) is 26.7 Å². The third-order valence-electron chi connectivity index (χ3n) is 2.55. The minimum Gasteiger partial charge on any atom is -0.378 e. The first-order valence-corrected chi connectivity index (χ1v) is 5.31. The van der Waals surface area contributed by atoms with Crippen molar-refractivity contribution >= 4 is 5.91 Å². The van der Waals surface area contributed by atoms with Gasteiger partial charge in [0.25, 0.3) is 0 Å². The summed E-state index contributed by atoms with van der Waals surface area (Å²) in [5.74, 6) is 0.0555. The SMILES string of the molecule is CCOC1CCN(C(=O)C(C)N)CC1. The standard InChI is InChI=1S/C10H20N2O2/c1-3-14-9-4-6-12(7-5-9)10(13)8(2)11/h8-9H,3-7,11H2,1-2H3. The fourth-order valence-electron chi connectivity index (χ4n) is 1.77. The molecule has 14 heavy (non-hydrogen) atoms. The molecule has 2 N–H and O–H groups in total. The molecule has 1 unspecified atom stereocenters. The summed E-state index contributed by atoms with van der Waals surface area (Å²) in [4.78, 5) is 13.4. The Labute approximate surface area is 85.4 Å². The third kappa shape index (κ3) is 2.96. The van der Waals surface area contributed by atoms with Gasteiger partial charge in [0.2, 0.25) is 5.91 Å². The van der Waals surface area contributed by atoms with Gasteiger partial charge in [0, 0.05) is 19.7 Å². The molecule has 4 heteroatoms. The second-order valence-electron chi connectivity index (χ2n) is 3.77. The van der Waals surface area contributed by atoms with Crippen LogP contribution in [0.1, 0.15) is 26.7 Å². The molecule has 1 fully saturated rings. The van der Waals surface area contributed by atoms with Crippen LogP contribution in [0.2, 0.25) is 0 Å². The topological polar surface area (TPSA) is 55.6 Å². The number of amides is 1. The third-order valence-corrected chi connectivity index (χ3v) is 2.55. The average Bonchev–Trinajstić information content (AvgIpc) is 2.18. The van der Waals surface area contributed by atoms with Crippen molar-refractivity contribution in [2.45, 2.75) is 38.8 Å². The zero-order chi connectivity index (χ0) is 10.6. The van der Waals surface area contributed by atoms with E-state index in [1.165, 1.54) is 0 Å². The van der Waals surface area contributed by atoms with Crippen molar-refractivity contribution in [1.29, 1.82) is 0 Å². The van der Waals surface area contributed by atoms with E-state index >= 15 is 0 Å². The Hall–Kier alpha value is -0.610. The highest BCUT2D eigenvalue weighted by molar-refractivity contribution is 5.81. The van der Waals surface area contributed by atoms with Crippen LogP contribution in [0.15, 0.2) is 0 Å². The van der Waals surface area contributed by atoms with Crippen molar-refractivity contribution in [1.82, 2.24) is 4.90 Å². The normalized spacial score (nSPS) is 20.9. The van der Waals surface area contributed by atoms with E-state index in [-0.39, 0.29) is 11.9 Å². The van der Waals surface area contributed by atoms with E-state index in [1.54, 1.807) is 6.92 Å². The molecule has 82 valence electrons. The first kappa shape index (κ1) is 11.5. The quantitative estimate of drug-likeness (QED) is 0.715. The van der Waals surface area contributed by atoms with Crippen molar-refractivity contribution in [3.8, 4) is 0 Å². The Bertz CT molecular complexity index is 187. The summed E-state index contributed by atoms with van der Waals surface area (Å²) in [5.41, 5.74) is 5.54. The van der Waals surface area contributed by atoms with Crippen molar-refractivity contribution in [3.63, 3.8) is 0 Å². The first-order valence-electron chi connectivity index (χ1n) is 5.31. The molecule has 4 nitrogen and oxygen atoms in total. The van der Waals surface area contributed by atoms with E-state index in [2.05, 4.69) is 0 Å². The van der Waals surface area contributed by atoms with Gasteiger partial charge in [0.15, 0.2) is 0 Å². The molecular weight excluding hydrogens is 180 g/mol. The number of hydrogen-bond donors (Lipinski definition) is 1. The lowest BCUT2D eigenvalue weighted by Gasteiger charge is -2.32. The maximum atomic E-state index is 11.5. The summed E-state index contributed by atoms with van der Waals surface area (Å²) in [5, 5.41) is 0. The summed E-state index contributed by atoms with van der Waals surface area (Å²) in [7, 11) is 0. The number of likely N-dealkylation sites (tertiary alicyclic amines) is 1. The number of rotatable bonds is 3. The predicted octanol–water partition coefficient (Wildman–Crippen LogP) is 0.361. The molecule has 0 spiro atoms. The van der Waals surface area contributed by atoms with Crippen LogP contribution in [0.5, 0.6) is 0 Å². The Morgan fingerprint density at radius 3 is 2.57 bits per heavy atom. The highest BCUT2D eigenvalue weighted by atomic mass is 16.5. The second-order valence-corrected chi connectivity index (χ2v) is 3.77. The van der Waals surface area contributed by atoms with Crippen LogP contribution in [-0.2, 0) is 9.53 Å². The largest absolute Gasteiger partial charge is 0.378 e. The molecule has 1 aliphatic heterocycles. The average molecular weight is 200 g/mol. The van der Waals surface area contributed by atoms with Gasteiger partial charge in [0.1, 0.15) is 0 Å². The molecule has 1 aliphatic rings. The molecule has 1 heterocycles. The molecule has 1 atom stereocenters. The first-order chi connectivity index (χ1) is 6.65. The van der Waals surface area contributed by atoms with Crippen LogP contribution >= 0.6 is 0 Å². The number of ether oxygens (including phenoxy) is 1. The van der Waals surface area contributed by atoms with Crippen molar-refractivity contribution in [2.24, 2.45) is 5.73 Å². The number of piperidine rings is 1. The van der Waals surface area contributed by atoms with Crippen LogP contribution < -0.4 is 5.73 Å². The van der Waals surface area contributed by atoms with Crippen molar-refractivity contribution < 1.29 is 9.53 Å². The molecule has 1 rings (SSSR count). The van der Waals surface area contributed by atoms with Crippen LogP contribution in [0.4, 0.5) is 0 Å². The van der Waals surface area contributed by atoms with Gasteiger partial charge < -0.3 is 15.4 Å². The van der Waals surface area contributed by atoms with Gasteiger partial charge in [-0.25, -0.2) is 0 Å². The summed E-state index contributed by atoms with van der Waals surface area (Å²) in [6, 6.07) is -0.376. The fraction of sp³-hybridized carbons (Fsp3) is 0.900. The number of nitrogens with zero attached hydrogens (tertiary/aromatic N) is 1. The highest BCUT2D eigenvalue weighted by Crippen LogP contribution is 2.13. The molecule has 0 radical (unpaired) electrons. The van der Waals surface area contributed by atoms with Gasteiger partial charge >= 0.3 is 0 Å². The lowest BCUT2D eigenvalue weighted by molar-refractivity contribution is -0.134. The Kier molecular flexibility index (Phi) is 4.35. The maximum absolute atomic E-state index is 11.5. The van der Waals surface area contributed by atoms with E-state index < -0.39 is 0 Å². The molecule has 1 amide bonds. The molecule has 0 aliphatic carbocycles. The van der Waals surface area contributed by atoms with Crippen LogP contribution in [-0.4, -0.2) is 42.6 Å². The second kappa shape index (κ2) is 5.32. The van der Waals surface area contributed by atoms with Gasteiger partial charge in [-0.1, -0.05) is 0 Å². The molecule has 0 bridgehead atoms. The molecule has 0 aromatic rings. The highest BCUT2D eigenvalue weighted by Gasteiger charge is 2.24. The molecule has 0 aromatic carbocycles. The minimum atomic E-state index is -0.376. The van der Waals surface area contributed by atoms with Gasteiger partial charge in [0.05, 0.1) is 12.1 Å². The fourth-order valence-corrected chi connectivity index (χ4v) is 1.77. The zero-order valence-electron chi connectivity index (χ0n) is 9.03. The predicted molar refractivity (Wildman–Crippen MR) is 54.9 cm³/mol. The van der Waals surface area contributed by atoms with E-state index in [1.807, 2.05) is 11.8 Å². The minimum absolute atomic E-state index is 0.0555. The van der Waals surface area contributed by atoms with E-state index in [4.69, 9.17) is 10.5 Å². The van der Waals surface area contributed by atoms with Crippen molar-refractivity contribution in [3.05, 3.63) is 0 Å². The van der Waals surface area contributed by atoms with Crippen LogP contribution in [0.25, 0.3) is 0 Å². The molecule has 0 aromatic heterocycles. The van der Waals surface area contributed by atoms with Gasteiger partial charge in [-0.3, -0.25) is 4.79 Å². The Morgan fingerprint density at radius 1 is 1.57 bits per heavy atom. The Balaban J connectivity index is 2.32. The van der Waals surface area contributed by atoms with Gasteiger partial charge in [-0.2, -0.15) is 0 Å². The van der Waals surface area contributed by atoms with Crippen molar-refractivity contribution in [2.75, 3.05) is 19.7 Å². The van der Waals surface area contributed by atoms with E-state index in [0.29, 0.717) is 6.10 Å². The summed E-state index contributed by atoms with van der Waals surface area (Å²) in [6.07, 6.45) is 2.20. The van der Waals surface area contributed by atoms with Gasteiger partial charge in [-0.15, -0.1) is 0 Å². The lowest BCUT2D eigenvalue weighted by atomic mass is 10.1. The lowest BCUT2D eigenvalue weighted by Crippen LogP contribution is -2.47. The van der Waals surface area contributed by atoms with Crippen LogP contribution in [0, 0.1) is 0 Å². The smallest absolute Gasteiger partial charge is 0.239 e. The van der Waals surface area contributed by atoms with E-state index in [9.17, 15) is 4.79 Å². The Morgan fingerprint density at radius 2 is 2.14 bits per heavy atom. The number of carbonyl (C=O) groups excluding carboxylic acids is 1. The number of nitrogens with two attached hydrogens (primary N) is 1. The monoisotopic (exact) mass is 200 g/mol.